The Balaban J connectivity index is 1.26. The first kappa shape index (κ1) is 21.4. The maximum Gasteiger partial charge on any atom is 0.322 e. The predicted molar refractivity (Wildman–Crippen MR) is 126 cm³/mol. The number of hydrogen-bond acceptors (Lipinski definition) is 7. The van der Waals surface area contributed by atoms with Crippen LogP contribution in [0.4, 0.5) is 6.01 Å². The molecule has 168 valence electrons. The minimum atomic E-state index is -0.251. The van der Waals surface area contributed by atoms with Crippen molar-refractivity contribution >= 4 is 23.7 Å². The number of benzene rings is 2. The number of hydrogen-bond donors (Lipinski definition) is 1. The van der Waals surface area contributed by atoms with Crippen LogP contribution in [0, 0.1) is 0 Å². The van der Waals surface area contributed by atoms with Crippen LogP contribution in [0.5, 0.6) is 0 Å². The number of anilines is 1. The van der Waals surface area contributed by atoms with Gasteiger partial charge in [0, 0.05) is 11.5 Å². The molecule has 1 amide bonds. The summed E-state index contributed by atoms with van der Waals surface area (Å²) >= 11 is 1.30. The molecule has 0 bridgehead atoms. The van der Waals surface area contributed by atoms with Crippen molar-refractivity contribution in [3.8, 4) is 17.1 Å². The van der Waals surface area contributed by atoms with Crippen molar-refractivity contribution in [2.45, 2.75) is 43.2 Å². The van der Waals surface area contributed by atoms with Crippen molar-refractivity contribution in [1.29, 1.82) is 0 Å². The van der Waals surface area contributed by atoms with Gasteiger partial charge in [-0.1, -0.05) is 72.5 Å². The van der Waals surface area contributed by atoms with Crippen molar-refractivity contribution in [3.05, 3.63) is 66.5 Å². The summed E-state index contributed by atoms with van der Waals surface area (Å²) in [5.41, 5.74) is 1.78. The number of amides is 1. The lowest BCUT2D eigenvalue weighted by Crippen LogP contribution is -2.14. The SMILES string of the molecule is O=C(CSc1nc(C2CCCCC2)n(-c2ccccc2)n1)Nc1nnc(-c2ccccc2)o1. The molecule has 0 aliphatic heterocycles. The monoisotopic (exact) mass is 460 g/mol. The molecule has 33 heavy (non-hydrogen) atoms. The highest BCUT2D eigenvalue weighted by Crippen LogP contribution is 2.33. The van der Waals surface area contributed by atoms with E-state index in [0.29, 0.717) is 17.0 Å². The van der Waals surface area contributed by atoms with E-state index in [1.807, 2.05) is 65.3 Å². The fourth-order valence-corrected chi connectivity index (χ4v) is 4.64. The van der Waals surface area contributed by atoms with Crippen LogP contribution < -0.4 is 5.32 Å². The van der Waals surface area contributed by atoms with Crippen LogP contribution in [0.3, 0.4) is 0 Å². The summed E-state index contributed by atoms with van der Waals surface area (Å²) in [5.74, 6) is 1.63. The van der Waals surface area contributed by atoms with E-state index in [2.05, 4.69) is 15.5 Å². The fourth-order valence-electron chi connectivity index (χ4n) is 4.01. The number of thioether (sulfide) groups is 1. The highest BCUT2D eigenvalue weighted by Gasteiger charge is 2.24. The highest BCUT2D eigenvalue weighted by molar-refractivity contribution is 7.99. The van der Waals surface area contributed by atoms with E-state index in [0.717, 1.165) is 29.9 Å². The second-order valence-corrected chi connectivity index (χ2v) is 8.89. The summed E-state index contributed by atoms with van der Waals surface area (Å²) in [7, 11) is 0. The average molecular weight is 461 g/mol. The topological polar surface area (TPSA) is 98.7 Å². The van der Waals surface area contributed by atoms with Gasteiger partial charge < -0.3 is 4.42 Å². The van der Waals surface area contributed by atoms with Crippen LogP contribution in [0.25, 0.3) is 17.1 Å². The van der Waals surface area contributed by atoms with E-state index in [9.17, 15) is 4.79 Å². The molecule has 0 unspecified atom stereocenters. The van der Waals surface area contributed by atoms with Crippen LogP contribution in [-0.2, 0) is 4.79 Å². The lowest BCUT2D eigenvalue weighted by Gasteiger charge is -2.21. The maximum absolute atomic E-state index is 12.5. The Morgan fingerprint density at radius 3 is 2.48 bits per heavy atom. The first-order valence-corrected chi connectivity index (χ1v) is 12.1. The smallest absolute Gasteiger partial charge is 0.322 e. The molecule has 1 saturated carbocycles. The van der Waals surface area contributed by atoms with Crippen LogP contribution in [0.1, 0.15) is 43.8 Å². The summed E-state index contributed by atoms with van der Waals surface area (Å²) in [4.78, 5) is 17.3. The Morgan fingerprint density at radius 2 is 1.73 bits per heavy atom. The second kappa shape index (κ2) is 9.99. The van der Waals surface area contributed by atoms with Crippen molar-refractivity contribution < 1.29 is 9.21 Å². The first-order valence-electron chi connectivity index (χ1n) is 11.1. The van der Waals surface area contributed by atoms with E-state index < -0.39 is 0 Å². The Bertz CT molecular complexity index is 1200. The molecule has 1 N–H and O–H groups in total. The van der Waals surface area contributed by atoms with Crippen molar-refractivity contribution in [2.24, 2.45) is 0 Å². The van der Waals surface area contributed by atoms with E-state index in [1.54, 1.807) is 0 Å². The maximum atomic E-state index is 12.5. The third-order valence-electron chi connectivity index (χ3n) is 5.61. The minimum absolute atomic E-state index is 0.0742. The molecule has 9 heteroatoms. The molecule has 8 nitrogen and oxygen atoms in total. The number of carbonyl (C=O) groups excluding carboxylic acids is 1. The third-order valence-corrected chi connectivity index (χ3v) is 6.45. The molecule has 2 heterocycles. The van der Waals surface area contributed by atoms with Gasteiger partial charge in [-0.15, -0.1) is 10.2 Å². The lowest BCUT2D eigenvalue weighted by molar-refractivity contribution is -0.113. The molecule has 1 fully saturated rings. The number of aromatic nitrogens is 5. The van der Waals surface area contributed by atoms with Crippen molar-refractivity contribution in [1.82, 2.24) is 25.0 Å². The highest BCUT2D eigenvalue weighted by atomic mass is 32.2. The number of carbonyl (C=O) groups is 1. The zero-order valence-corrected chi connectivity index (χ0v) is 18.9. The molecule has 0 saturated heterocycles. The van der Waals surface area contributed by atoms with Gasteiger partial charge in [-0.2, -0.15) is 0 Å². The Hall–Kier alpha value is -3.46. The molecule has 1 aliphatic carbocycles. The standard InChI is InChI=1S/C24H24N6O2S/c31-20(25-23-28-27-22(32-23)18-12-6-2-7-13-18)16-33-24-26-21(17-10-4-1-5-11-17)30(29-24)19-14-8-3-9-15-19/h2-3,6-9,12-15,17H,1,4-5,10-11,16H2,(H,25,28,31). The Labute approximate surface area is 195 Å². The van der Waals surface area contributed by atoms with Gasteiger partial charge in [0.2, 0.25) is 17.0 Å². The van der Waals surface area contributed by atoms with E-state index in [-0.39, 0.29) is 17.7 Å². The normalized spacial score (nSPS) is 14.3. The third kappa shape index (κ3) is 5.14. The van der Waals surface area contributed by atoms with Gasteiger partial charge in [-0.3, -0.25) is 10.1 Å². The van der Waals surface area contributed by atoms with Crippen LogP contribution in [0.2, 0.25) is 0 Å². The molecular formula is C24H24N6O2S. The summed E-state index contributed by atoms with van der Waals surface area (Å²) in [6.07, 6.45) is 5.95. The van der Waals surface area contributed by atoms with Gasteiger partial charge in [-0.25, -0.2) is 9.67 Å². The average Bonchev–Trinajstić information content (AvgIpc) is 3.52. The number of nitrogens with one attached hydrogen (secondary N) is 1. The van der Waals surface area contributed by atoms with Crippen molar-refractivity contribution in [3.63, 3.8) is 0 Å². The molecule has 5 rings (SSSR count). The molecule has 1 aliphatic rings. The summed E-state index contributed by atoms with van der Waals surface area (Å²) in [6, 6.07) is 19.5. The first-order chi connectivity index (χ1) is 16.3. The van der Waals surface area contributed by atoms with Crippen LogP contribution in [0.15, 0.2) is 70.2 Å². The van der Waals surface area contributed by atoms with Gasteiger partial charge in [0.25, 0.3) is 0 Å². The molecule has 0 spiro atoms. The predicted octanol–water partition coefficient (Wildman–Crippen LogP) is 5.10. The molecule has 2 aromatic heterocycles. The van der Waals surface area contributed by atoms with Gasteiger partial charge in [0.1, 0.15) is 5.82 Å². The zero-order valence-electron chi connectivity index (χ0n) is 18.1. The van der Waals surface area contributed by atoms with E-state index in [1.165, 1.54) is 31.0 Å². The quantitative estimate of drug-likeness (QED) is 0.383. The van der Waals surface area contributed by atoms with Crippen molar-refractivity contribution in [2.75, 3.05) is 11.1 Å². The van der Waals surface area contributed by atoms with E-state index in [4.69, 9.17) is 14.5 Å². The number of rotatable bonds is 7. The largest absolute Gasteiger partial charge is 0.403 e. The van der Waals surface area contributed by atoms with Gasteiger partial charge in [0.15, 0.2) is 0 Å². The number of nitrogens with zero attached hydrogens (tertiary/aromatic N) is 5. The fraction of sp³-hybridized carbons (Fsp3) is 0.292. The second-order valence-electron chi connectivity index (χ2n) is 7.95. The number of para-hydroxylation sites is 1. The molecule has 2 aromatic carbocycles. The van der Waals surface area contributed by atoms with Crippen LogP contribution >= 0.6 is 11.8 Å². The molecule has 0 atom stereocenters. The van der Waals surface area contributed by atoms with Gasteiger partial charge >= 0.3 is 6.01 Å². The molecule has 0 radical (unpaired) electrons. The lowest BCUT2D eigenvalue weighted by atomic mass is 9.88. The van der Waals surface area contributed by atoms with Gasteiger partial charge in [0.05, 0.1) is 11.4 Å². The van der Waals surface area contributed by atoms with Gasteiger partial charge in [-0.05, 0) is 37.1 Å². The molecular weight excluding hydrogens is 436 g/mol. The zero-order chi connectivity index (χ0) is 22.5. The molecule has 4 aromatic rings. The summed E-state index contributed by atoms with van der Waals surface area (Å²) < 4.78 is 7.48. The minimum Gasteiger partial charge on any atom is -0.403 e. The van der Waals surface area contributed by atoms with E-state index >= 15 is 0 Å². The Kier molecular flexibility index (Phi) is 6.48. The van der Waals surface area contributed by atoms with Crippen LogP contribution in [-0.4, -0.2) is 36.6 Å². The Morgan fingerprint density at radius 1 is 1.00 bits per heavy atom. The summed E-state index contributed by atoms with van der Waals surface area (Å²) in [6.45, 7) is 0. The summed E-state index contributed by atoms with van der Waals surface area (Å²) in [5, 5.41) is 15.9.